The molecule has 1 aliphatic heterocycles. The van der Waals surface area contributed by atoms with Crippen LogP contribution in [0.4, 0.5) is 16.0 Å². The van der Waals surface area contributed by atoms with Gasteiger partial charge in [0.1, 0.15) is 17.5 Å². The molecule has 31 heavy (non-hydrogen) atoms. The zero-order chi connectivity index (χ0) is 21.5. The number of H-pyrrole nitrogens is 1. The quantitative estimate of drug-likeness (QED) is 0.425. The molecule has 1 aliphatic rings. The van der Waals surface area contributed by atoms with Gasteiger partial charge in [-0.05, 0) is 52.4 Å². The van der Waals surface area contributed by atoms with E-state index in [1.54, 1.807) is 36.4 Å². The number of methoxy groups -OCH3 is 1. The van der Waals surface area contributed by atoms with Crippen LogP contribution in [-0.4, -0.2) is 43.5 Å². The summed E-state index contributed by atoms with van der Waals surface area (Å²) in [6.45, 7) is 0. The van der Waals surface area contributed by atoms with Gasteiger partial charge in [-0.2, -0.15) is 9.78 Å². The van der Waals surface area contributed by atoms with Crippen LogP contribution in [0.5, 0.6) is 0 Å². The van der Waals surface area contributed by atoms with Gasteiger partial charge in [-0.3, -0.25) is 4.79 Å². The Morgan fingerprint density at radius 2 is 1.87 bits per heavy atom. The van der Waals surface area contributed by atoms with Crippen LogP contribution >= 0.6 is 0 Å². The number of hydrogen-bond acceptors (Lipinski definition) is 8. The molecule has 0 amide bonds. The molecule has 4 aromatic rings. The molecule has 10 nitrogen and oxygen atoms in total. The second-order valence-electron chi connectivity index (χ2n) is 6.79. The van der Waals surface area contributed by atoms with Gasteiger partial charge < -0.3 is 10.1 Å². The molecule has 154 valence electrons. The van der Waals surface area contributed by atoms with E-state index in [0.717, 1.165) is 0 Å². The van der Waals surface area contributed by atoms with E-state index in [9.17, 15) is 14.0 Å². The number of carbonyl (C=O) groups excluding carboxylic acids is 1. The summed E-state index contributed by atoms with van der Waals surface area (Å²) in [7, 11) is 1.31. The molecule has 0 aliphatic carbocycles. The second kappa shape index (κ2) is 7.13. The Labute approximate surface area is 173 Å². The summed E-state index contributed by atoms with van der Waals surface area (Å²) in [5, 5.41) is 21.4. The molecule has 2 N–H and O–H groups in total. The van der Waals surface area contributed by atoms with Crippen molar-refractivity contribution in [2.75, 3.05) is 12.4 Å². The van der Waals surface area contributed by atoms with E-state index in [2.05, 4.69) is 31.0 Å². The van der Waals surface area contributed by atoms with E-state index >= 15 is 0 Å². The molecule has 11 heteroatoms. The van der Waals surface area contributed by atoms with Crippen molar-refractivity contribution in [3.05, 3.63) is 81.4 Å². The maximum atomic E-state index is 13.5. The number of tetrazole rings is 1. The second-order valence-corrected chi connectivity index (χ2v) is 6.79. The van der Waals surface area contributed by atoms with Crippen molar-refractivity contribution in [2.45, 2.75) is 6.04 Å². The van der Waals surface area contributed by atoms with Crippen molar-refractivity contribution in [1.29, 1.82) is 0 Å². The number of ether oxygens (including phenoxy) is 1. The molecule has 0 spiro atoms. The fourth-order valence-corrected chi connectivity index (χ4v) is 3.59. The van der Waals surface area contributed by atoms with E-state index in [4.69, 9.17) is 4.74 Å². The fourth-order valence-electron chi connectivity index (χ4n) is 3.59. The normalized spacial score (nSPS) is 14.3. The number of esters is 1. The fraction of sp³-hybridized carbons (Fsp3) is 0.100. The summed E-state index contributed by atoms with van der Waals surface area (Å²) in [5.41, 5.74) is 2.42. The third kappa shape index (κ3) is 3.03. The van der Waals surface area contributed by atoms with Gasteiger partial charge in [0, 0.05) is 11.1 Å². The smallest absolute Gasteiger partial charge is 0.337 e. The number of hydrogen-bond donors (Lipinski definition) is 2. The van der Waals surface area contributed by atoms with Crippen molar-refractivity contribution in [3.63, 3.8) is 0 Å². The maximum absolute atomic E-state index is 13.5. The molecule has 0 saturated heterocycles. The number of carbonyl (C=O) groups is 1. The lowest BCUT2D eigenvalue weighted by molar-refractivity contribution is 0.0600. The Kier molecular flexibility index (Phi) is 4.28. The predicted octanol–water partition coefficient (Wildman–Crippen LogP) is 2.04. The predicted molar refractivity (Wildman–Crippen MR) is 106 cm³/mol. The molecular formula is C20H14FN7O3. The highest BCUT2D eigenvalue weighted by atomic mass is 19.1. The minimum atomic E-state index is -0.622. The zero-order valence-corrected chi connectivity index (χ0v) is 16.0. The summed E-state index contributed by atoms with van der Waals surface area (Å²) in [4.78, 5) is 24.4. The summed E-state index contributed by atoms with van der Waals surface area (Å²) in [5.74, 6) is -0.584. The van der Waals surface area contributed by atoms with Crippen LogP contribution in [0.3, 0.4) is 0 Å². The number of nitrogens with one attached hydrogen (secondary N) is 2. The topological polar surface area (TPSA) is 128 Å². The van der Waals surface area contributed by atoms with E-state index in [1.807, 2.05) is 0 Å². The van der Waals surface area contributed by atoms with Crippen molar-refractivity contribution in [2.24, 2.45) is 0 Å². The molecule has 1 atom stereocenters. The Bertz CT molecular complexity index is 1350. The number of anilines is 2. The largest absolute Gasteiger partial charge is 0.465 e. The molecule has 0 radical (unpaired) electrons. The van der Waals surface area contributed by atoms with Gasteiger partial charge in [-0.25, -0.2) is 14.3 Å². The van der Waals surface area contributed by atoms with Crippen LogP contribution in [0.25, 0.3) is 11.3 Å². The number of benzene rings is 2. The van der Waals surface area contributed by atoms with Crippen LogP contribution in [0, 0.1) is 5.82 Å². The first-order valence-electron chi connectivity index (χ1n) is 9.18. The number of halogens is 1. The molecule has 5 rings (SSSR count). The van der Waals surface area contributed by atoms with Gasteiger partial charge in [0.25, 0.3) is 5.56 Å². The molecule has 3 heterocycles. The highest BCUT2D eigenvalue weighted by Crippen LogP contribution is 2.41. The van der Waals surface area contributed by atoms with Crippen LogP contribution in [0.15, 0.2) is 53.3 Å². The van der Waals surface area contributed by atoms with Crippen LogP contribution < -0.4 is 10.9 Å². The summed E-state index contributed by atoms with van der Waals surface area (Å²) >= 11 is 0. The lowest BCUT2D eigenvalue weighted by Gasteiger charge is -2.27. The van der Waals surface area contributed by atoms with Gasteiger partial charge in [0.15, 0.2) is 0 Å². The van der Waals surface area contributed by atoms with Crippen molar-refractivity contribution < 1.29 is 13.9 Å². The molecule has 2 aromatic heterocycles. The molecule has 0 unspecified atom stereocenters. The Morgan fingerprint density at radius 1 is 1.13 bits per heavy atom. The zero-order valence-electron chi connectivity index (χ0n) is 16.0. The Balaban J connectivity index is 1.74. The molecule has 0 fully saturated rings. The number of aromatic amines is 1. The first-order valence-corrected chi connectivity index (χ1v) is 9.18. The minimum Gasteiger partial charge on any atom is -0.465 e. The number of aromatic nitrogens is 6. The lowest BCUT2D eigenvalue weighted by atomic mass is 9.92. The van der Waals surface area contributed by atoms with Gasteiger partial charge in [0.05, 0.1) is 18.4 Å². The van der Waals surface area contributed by atoms with E-state index in [1.165, 1.54) is 23.9 Å². The molecule has 0 bridgehead atoms. The van der Waals surface area contributed by atoms with E-state index in [0.29, 0.717) is 27.9 Å². The highest BCUT2D eigenvalue weighted by Gasteiger charge is 2.34. The summed E-state index contributed by atoms with van der Waals surface area (Å²) in [6.07, 6.45) is 0. The average molecular weight is 419 g/mol. The SMILES string of the molecule is COC(=O)c1ccc([C@H]2c3c(-c4ccc(F)cc4)n[nH]c(=O)c3Nc3nnnn32)cc1. The third-order valence-electron chi connectivity index (χ3n) is 5.03. The average Bonchev–Trinajstić information content (AvgIpc) is 3.27. The number of fused-ring (bicyclic) bond motifs is 2. The Hall–Kier alpha value is -4.41. The van der Waals surface area contributed by atoms with Gasteiger partial charge in [0.2, 0.25) is 5.95 Å². The number of nitrogens with zero attached hydrogens (tertiary/aromatic N) is 5. The summed E-state index contributed by atoms with van der Waals surface area (Å²) in [6, 6.07) is 11.8. The van der Waals surface area contributed by atoms with Crippen LogP contribution in [-0.2, 0) is 4.74 Å². The monoisotopic (exact) mass is 419 g/mol. The molecule has 0 saturated carbocycles. The van der Waals surface area contributed by atoms with Gasteiger partial charge in [-0.1, -0.05) is 17.2 Å². The van der Waals surface area contributed by atoms with Crippen molar-refractivity contribution in [1.82, 2.24) is 30.4 Å². The van der Waals surface area contributed by atoms with Gasteiger partial charge in [-0.15, -0.1) is 0 Å². The van der Waals surface area contributed by atoms with Crippen molar-refractivity contribution in [3.8, 4) is 11.3 Å². The highest BCUT2D eigenvalue weighted by molar-refractivity contribution is 5.89. The summed E-state index contributed by atoms with van der Waals surface area (Å²) < 4.78 is 19.7. The van der Waals surface area contributed by atoms with E-state index in [-0.39, 0.29) is 11.6 Å². The number of rotatable bonds is 3. The lowest BCUT2D eigenvalue weighted by Crippen LogP contribution is -2.29. The van der Waals surface area contributed by atoms with Crippen molar-refractivity contribution >= 4 is 17.6 Å². The maximum Gasteiger partial charge on any atom is 0.337 e. The molecular weight excluding hydrogens is 405 g/mol. The van der Waals surface area contributed by atoms with Crippen LogP contribution in [0.2, 0.25) is 0 Å². The van der Waals surface area contributed by atoms with Crippen LogP contribution in [0.1, 0.15) is 27.5 Å². The van der Waals surface area contributed by atoms with E-state index < -0.39 is 23.4 Å². The minimum absolute atomic E-state index is 0.235. The Morgan fingerprint density at radius 3 is 2.58 bits per heavy atom. The first-order chi connectivity index (χ1) is 15.1. The molecule has 2 aromatic carbocycles. The standard InChI is InChI=1S/C20H14FN7O3/c1-31-19(30)12-4-2-11(3-5-12)17-14-15(10-6-8-13(21)9-7-10)23-24-18(29)16(14)22-20-25-26-27-28(17)20/h2-9,17H,1H3,(H,24,29)(H,22,25,27)/t17-/m0/s1. The first kappa shape index (κ1) is 18.6. The third-order valence-corrected chi connectivity index (χ3v) is 5.03. The van der Waals surface area contributed by atoms with Gasteiger partial charge >= 0.3 is 5.97 Å².